The number of phenols is 1. The Morgan fingerprint density at radius 2 is 1.88 bits per heavy atom. The molecular weight excluding hydrogens is 372 g/mol. The molecule has 6 nitrogen and oxygen atoms in total. The Morgan fingerprint density at radius 3 is 2.54 bits per heavy atom. The number of aromatic hydroxyl groups is 1. The molecule has 0 spiro atoms. The third-order valence-electron chi connectivity index (χ3n) is 4.05. The van der Waals surface area contributed by atoms with E-state index in [4.69, 9.17) is 0 Å². The molecule has 4 rings (SSSR count). The lowest BCUT2D eigenvalue weighted by atomic mass is 9.95. The number of ketones is 1. The van der Waals surface area contributed by atoms with Gasteiger partial charge in [-0.1, -0.05) is 24.3 Å². The number of hydrogen-bond acceptors (Lipinski definition) is 7. The Labute approximate surface area is 156 Å². The number of rotatable bonds is 4. The molecular formula is C18H12N2O4S2. The van der Waals surface area contributed by atoms with Crippen molar-refractivity contribution in [3.05, 3.63) is 75.1 Å². The fraction of sp³-hybridized carbons (Fsp3) is 0.0556. The number of thiophene rings is 1. The monoisotopic (exact) mass is 384 g/mol. The van der Waals surface area contributed by atoms with Gasteiger partial charge in [-0.2, -0.15) is 0 Å². The summed E-state index contributed by atoms with van der Waals surface area (Å²) in [6.07, 6.45) is 1.53. The molecule has 3 heterocycles. The summed E-state index contributed by atoms with van der Waals surface area (Å²) >= 11 is 2.43. The van der Waals surface area contributed by atoms with Gasteiger partial charge in [-0.3, -0.25) is 14.5 Å². The molecule has 0 aliphatic carbocycles. The van der Waals surface area contributed by atoms with Crippen molar-refractivity contribution in [1.82, 2.24) is 4.98 Å². The fourth-order valence-corrected chi connectivity index (χ4v) is 4.27. The van der Waals surface area contributed by atoms with Crippen molar-refractivity contribution in [2.75, 3.05) is 4.90 Å². The minimum Gasteiger partial charge on any atom is -0.508 e. The molecule has 26 heavy (non-hydrogen) atoms. The first kappa shape index (κ1) is 16.5. The number of carbonyl (C=O) groups excluding carboxylic acids is 2. The zero-order chi connectivity index (χ0) is 18.3. The van der Waals surface area contributed by atoms with Gasteiger partial charge in [0.15, 0.2) is 10.9 Å². The van der Waals surface area contributed by atoms with Gasteiger partial charge in [0.05, 0.1) is 10.5 Å². The first-order valence-corrected chi connectivity index (χ1v) is 9.38. The topological polar surface area (TPSA) is 90.7 Å². The molecule has 130 valence electrons. The molecule has 1 aliphatic rings. The van der Waals surface area contributed by atoms with E-state index in [-0.39, 0.29) is 11.3 Å². The van der Waals surface area contributed by atoms with Crippen molar-refractivity contribution in [1.29, 1.82) is 0 Å². The number of aliphatic hydroxyl groups is 1. The van der Waals surface area contributed by atoms with Gasteiger partial charge >= 0.3 is 0 Å². The Kier molecular flexibility index (Phi) is 4.06. The molecule has 0 saturated heterocycles. The van der Waals surface area contributed by atoms with E-state index in [1.807, 2.05) is 0 Å². The lowest BCUT2D eigenvalue weighted by molar-refractivity contribution is -0.117. The zero-order valence-corrected chi connectivity index (χ0v) is 14.8. The second-order valence-electron chi connectivity index (χ2n) is 5.52. The number of phenolic OH excluding ortho intramolecular Hbond substituents is 1. The summed E-state index contributed by atoms with van der Waals surface area (Å²) in [4.78, 5) is 31.5. The summed E-state index contributed by atoms with van der Waals surface area (Å²) in [5, 5.41) is 24.6. The number of benzene rings is 1. The number of nitrogens with zero attached hydrogens (tertiary/aromatic N) is 2. The number of Topliss-reactive ketones (excluding diaryl/α,β-unsaturated/α-hetero) is 1. The van der Waals surface area contributed by atoms with E-state index in [0.717, 1.165) is 0 Å². The molecule has 1 atom stereocenters. The highest BCUT2D eigenvalue weighted by atomic mass is 32.1. The molecule has 0 radical (unpaired) electrons. The van der Waals surface area contributed by atoms with Crippen molar-refractivity contribution < 1.29 is 19.8 Å². The van der Waals surface area contributed by atoms with Gasteiger partial charge < -0.3 is 10.2 Å². The summed E-state index contributed by atoms with van der Waals surface area (Å²) in [5.41, 5.74) is 0.286. The number of hydrogen-bond donors (Lipinski definition) is 2. The standard InChI is InChI=1S/C18H12N2O4S2/c21-11-5-2-1-4-10(11)14-13(15(22)12-6-3-8-25-12)16(23)17(24)20(14)18-19-7-9-26-18/h1-9,14,21,23H/t14-/m1/s1. The first-order chi connectivity index (χ1) is 12.6. The van der Waals surface area contributed by atoms with E-state index in [9.17, 15) is 19.8 Å². The SMILES string of the molecule is O=C(C1=C(O)C(=O)N(c2nccs2)[C@@H]1c1ccccc1O)c1cccs1. The Bertz CT molecular complexity index is 1010. The molecule has 1 aromatic carbocycles. The Hall–Kier alpha value is -2.97. The lowest BCUT2D eigenvalue weighted by Crippen LogP contribution is -2.30. The van der Waals surface area contributed by atoms with Crippen molar-refractivity contribution in [3.63, 3.8) is 0 Å². The smallest absolute Gasteiger partial charge is 0.296 e. The molecule has 1 amide bonds. The average molecular weight is 384 g/mol. The molecule has 2 N–H and O–H groups in total. The normalized spacial score (nSPS) is 17.2. The quantitative estimate of drug-likeness (QED) is 0.670. The number of para-hydroxylation sites is 1. The molecule has 8 heteroatoms. The number of carbonyl (C=O) groups is 2. The number of amides is 1. The van der Waals surface area contributed by atoms with Crippen molar-refractivity contribution in [2.24, 2.45) is 0 Å². The van der Waals surface area contributed by atoms with Crippen LogP contribution in [0.25, 0.3) is 0 Å². The molecule has 0 bridgehead atoms. The van der Waals surface area contributed by atoms with E-state index >= 15 is 0 Å². The maximum atomic E-state index is 13.0. The third kappa shape index (κ3) is 2.51. The Morgan fingerprint density at radius 1 is 1.08 bits per heavy atom. The molecule has 0 saturated carbocycles. The van der Waals surface area contributed by atoms with Gasteiger partial charge in [-0.25, -0.2) is 4.98 Å². The van der Waals surface area contributed by atoms with Crippen LogP contribution in [-0.4, -0.2) is 26.9 Å². The summed E-state index contributed by atoms with van der Waals surface area (Å²) in [5.74, 6) is -1.85. The van der Waals surface area contributed by atoms with Gasteiger partial charge in [0.25, 0.3) is 5.91 Å². The minimum atomic E-state index is -0.954. The van der Waals surface area contributed by atoms with Crippen LogP contribution in [0, 0.1) is 0 Å². The van der Waals surface area contributed by atoms with E-state index < -0.39 is 23.5 Å². The largest absolute Gasteiger partial charge is 0.508 e. The van der Waals surface area contributed by atoms with E-state index in [2.05, 4.69) is 4.98 Å². The summed E-state index contributed by atoms with van der Waals surface area (Å²) in [6.45, 7) is 0. The van der Waals surface area contributed by atoms with E-state index in [1.165, 1.54) is 39.8 Å². The van der Waals surface area contributed by atoms with Gasteiger partial charge in [0.2, 0.25) is 5.78 Å². The maximum Gasteiger partial charge on any atom is 0.296 e. The predicted molar refractivity (Wildman–Crippen MR) is 98.8 cm³/mol. The molecule has 0 fully saturated rings. The molecule has 2 aromatic heterocycles. The average Bonchev–Trinajstić information content (AvgIpc) is 3.37. The Balaban J connectivity index is 1.91. The minimum absolute atomic E-state index is 0.0610. The van der Waals surface area contributed by atoms with Crippen molar-refractivity contribution >= 4 is 39.5 Å². The van der Waals surface area contributed by atoms with Crippen LogP contribution in [-0.2, 0) is 4.79 Å². The predicted octanol–water partition coefficient (Wildman–Crippen LogP) is 3.69. The van der Waals surface area contributed by atoms with Crippen LogP contribution >= 0.6 is 22.7 Å². The maximum absolute atomic E-state index is 13.0. The van der Waals surface area contributed by atoms with Crippen LogP contribution in [0.5, 0.6) is 5.75 Å². The van der Waals surface area contributed by atoms with Crippen LogP contribution in [0.3, 0.4) is 0 Å². The highest BCUT2D eigenvalue weighted by Crippen LogP contribution is 2.45. The van der Waals surface area contributed by atoms with Gasteiger partial charge in [-0.15, -0.1) is 22.7 Å². The first-order valence-electron chi connectivity index (χ1n) is 7.62. The van der Waals surface area contributed by atoms with E-state index in [0.29, 0.717) is 15.6 Å². The highest BCUT2D eigenvalue weighted by Gasteiger charge is 2.46. The highest BCUT2D eigenvalue weighted by molar-refractivity contribution is 7.14. The van der Waals surface area contributed by atoms with Gasteiger partial charge in [0, 0.05) is 17.1 Å². The lowest BCUT2D eigenvalue weighted by Gasteiger charge is -2.24. The van der Waals surface area contributed by atoms with Gasteiger partial charge in [0.1, 0.15) is 11.8 Å². The van der Waals surface area contributed by atoms with Crippen LogP contribution < -0.4 is 4.90 Å². The van der Waals surface area contributed by atoms with E-state index in [1.54, 1.807) is 41.1 Å². The van der Waals surface area contributed by atoms with Gasteiger partial charge in [-0.05, 0) is 17.5 Å². The van der Waals surface area contributed by atoms with Crippen molar-refractivity contribution in [3.8, 4) is 5.75 Å². The van der Waals surface area contributed by atoms with Crippen LogP contribution in [0.1, 0.15) is 21.3 Å². The zero-order valence-electron chi connectivity index (χ0n) is 13.2. The number of anilines is 1. The number of thiazole rings is 1. The second-order valence-corrected chi connectivity index (χ2v) is 7.34. The van der Waals surface area contributed by atoms with Crippen molar-refractivity contribution in [2.45, 2.75) is 6.04 Å². The third-order valence-corrected chi connectivity index (χ3v) is 5.69. The van der Waals surface area contributed by atoms with Crippen LogP contribution in [0.4, 0.5) is 5.13 Å². The fourth-order valence-electron chi connectivity index (χ4n) is 2.92. The number of aromatic nitrogens is 1. The summed E-state index contributed by atoms with van der Waals surface area (Å²) in [6, 6.07) is 8.84. The second kappa shape index (κ2) is 6.40. The van der Waals surface area contributed by atoms with Crippen LogP contribution in [0.2, 0.25) is 0 Å². The summed E-state index contributed by atoms with van der Waals surface area (Å²) in [7, 11) is 0. The summed E-state index contributed by atoms with van der Waals surface area (Å²) < 4.78 is 0. The molecule has 1 aliphatic heterocycles. The molecule has 0 unspecified atom stereocenters. The molecule has 3 aromatic rings. The van der Waals surface area contributed by atoms with Crippen LogP contribution in [0.15, 0.2) is 64.7 Å². The number of aliphatic hydroxyl groups excluding tert-OH is 1.